The van der Waals surface area contributed by atoms with Gasteiger partial charge in [-0.2, -0.15) is 0 Å². The van der Waals surface area contributed by atoms with Crippen LogP contribution < -0.4 is 15.4 Å². The first-order valence-electron chi connectivity index (χ1n) is 6.60. The maximum absolute atomic E-state index is 12.1. The zero-order valence-electron chi connectivity index (χ0n) is 11.9. The van der Waals surface area contributed by atoms with Gasteiger partial charge in [-0.05, 0) is 36.4 Å². The number of hydrogen-bond donors (Lipinski definition) is 2. The van der Waals surface area contributed by atoms with Gasteiger partial charge in [-0.25, -0.2) is 13.1 Å². The van der Waals surface area contributed by atoms with Gasteiger partial charge in [0.2, 0.25) is 10.0 Å². The number of sulfonamides is 1. The lowest BCUT2D eigenvalue weighted by Gasteiger charge is -2.19. The van der Waals surface area contributed by atoms with E-state index in [1.54, 1.807) is 12.1 Å². The highest BCUT2D eigenvalue weighted by Gasteiger charge is 2.13. The van der Waals surface area contributed by atoms with Gasteiger partial charge in [-0.15, -0.1) is 0 Å². The molecular formula is C15H19N3O2S. The lowest BCUT2D eigenvalue weighted by atomic mass is 10.3. The molecule has 0 saturated carbocycles. The zero-order valence-corrected chi connectivity index (χ0v) is 12.7. The largest absolute Gasteiger partial charge is 0.399 e. The molecular weight excluding hydrogens is 286 g/mol. The zero-order chi connectivity index (χ0) is 15.3. The summed E-state index contributed by atoms with van der Waals surface area (Å²) in [6.07, 6.45) is 0. The van der Waals surface area contributed by atoms with E-state index in [0.717, 1.165) is 5.69 Å². The summed E-state index contributed by atoms with van der Waals surface area (Å²) in [7, 11) is -1.56. The van der Waals surface area contributed by atoms with Crippen LogP contribution in [0.3, 0.4) is 0 Å². The Labute approximate surface area is 125 Å². The van der Waals surface area contributed by atoms with Crippen molar-refractivity contribution in [1.29, 1.82) is 0 Å². The van der Waals surface area contributed by atoms with Crippen LogP contribution in [0.2, 0.25) is 0 Å². The normalized spacial score (nSPS) is 11.3. The molecule has 0 amide bonds. The number of rotatable bonds is 6. The average molecular weight is 305 g/mol. The van der Waals surface area contributed by atoms with Crippen LogP contribution in [0.25, 0.3) is 0 Å². The van der Waals surface area contributed by atoms with Crippen molar-refractivity contribution >= 4 is 21.4 Å². The lowest BCUT2D eigenvalue weighted by Crippen LogP contribution is -2.33. The average Bonchev–Trinajstić information content (AvgIpc) is 2.48. The van der Waals surface area contributed by atoms with E-state index in [9.17, 15) is 8.42 Å². The molecule has 0 unspecified atom stereocenters. The number of nitrogens with zero attached hydrogens (tertiary/aromatic N) is 1. The number of nitrogens with one attached hydrogen (secondary N) is 1. The number of hydrogen-bond acceptors (Lipinski definition) is 4. The molecule has 112 valence electrons. The Morgan fingerprint density at radius 3 is 2.29 bits per heavy atom. The molecule has 0 aliphatic heterocycles. The van der Waals surface area contributed by atoms with Crippen LogP contribution in [0.1, 0.15) is 0 Å². The van der Waals surface area contributed by atoms with Crippen molar-refractivity contribution in [3.8, 4) is 0 Å². The molecule has 5 nitrogen and oxygen atoms in total. The van der Waals surface area contributed by atoms with E-state index in [1.807, 2.05) is 42.3 Å². The molecule has 21 heavy (non-hydrogen) atoms. The molecule has 0 fully saturated rings. The van der Waals surface area contributed by atoms with Gasteiger partial charge in [0, 0.05) is 31.5 Å². The van der Waals surface area contributed by atoms with Crippen molar-refractivity contribution in [2.24, 2.45) is 0 Å². The summed E-state index contributed by atoms with van der Waals surface area (Å²) in [5.74, 6) is 0. The van der Waals surface area contributed by atoms with Gasteiger partial charge in [-0.1, -0.05) is 18.2 Å². The molecule has 0 radical (unpaired) electrons. The Morgan fingerprint density at radius 2 is 1.67 bits per heavy atom. The summed E-state index contributed by atoms with van der Waals surface area (Å²) < 4.78 is 26.8. The Morgan fingerprint density at radius 1 is 1.05 bits per heavy atom. The third-order valence-corrected chi connectivity index (χ3v) is 4.60. The molecule has 0 saturated heterocycles. The number of para-hydroxylation sites is 1. The number of likely N-dealkylation sites (N-methyl/N-ethyl adjacent to an activating group) is 1. The van der Waals surface area contributed by atoms with E-state index < -0.39 is 10.0 Å². The molecule has 0 spiro atoms. The number of nitrogen functional groups attached to an aromatic ring is 1. The van der Waals surface area contributed by atoms with Crippen molar-refractivity contribution in [2.75, 3.05) is 30.8 Å². The van der Waals surface area contributed by atoms with Gasteiger partial charge in [-0.3, -0.25) is 0 Å². The van der Waals surface area contributed by atoms with Crippen LogP contribution >= 0.6 is 0 Å². The van der Waals surface area contributed by atoms with E-state index in [-0.39, 0.29) is 4.90 Å². The fourth-order valence-electron chi connectivity index (χ4n) is 1.89. The fraction of sp³-hybridized carbons (Fsp3) is 0.200. The summed E-state index contributed by atoms with van der Waals surface area (Å²) in [6.45, 7) is 0.913. The Bertz CT molecular complexity index is 670. The van der Waals surface area contributed by atoms with Crippen molar-refractivity contribution in [1.82, 2.24) is 4.72 Å². The molecule has 0 bridgehead atoms. The molecule has 2 aromatic rings. The van der Waals surface area contributed by atoms with E-state index >= 15 is 0 Å². The number of nitrogens with two attached hydrogens (primary N) is 1. The van der Waals surface area contributed by atoms with Crippen molar-refractivity contribution < 1.29 is 8.42 Å². The van der Waals surface area contributed by atoms with Crippen molar-refractivity contribution in [3.63, 3.8) is 0 Å². The third kappa shape index (κ3) is 4.21. The monoisotopic (exact) mass is 305 g/mol. The second-order valence-electron chi connectivity index (χ2n) is 4.72. The second-order valence-corrected chi connectivity index (χ2v) is 6.49. The predicted molar refractivity (Wildman–Crippen MR) is 85.8 cm³/mol. The van der Waals surface area contributed by atoms with Crippen molar-refractivity contribution in [2.45, 2.75) is 4.90 Å². The van der Waals surface area contributed by atoms with E-state index in [2.05, 4.69) is 4.72 Å². The molecule has 2 aromatic carbocycles. The van der Waals surface area contributed by atoms with Gasteiger partial charge in [0.05, 0.1) is 4.90 Å². The first kappa shape index (κ1) is 15.3. The van der Waals surface area contributed by atoms with Crippen LogP contribution in [-0.4, -0.2) is 28.6 Å². The first-order valence-corrected chi connectivity index (χ1v) is 8.09. The van der Waals surface area contributed by atoms with Crippen LogP contribution in [-0.2, 0) is 10.0 Å². The van der Waals surface area contributed by atoms with E-state index in [4.69, 9.17) is 5.73 Å². The lowest BCUT2D eigenvalue weighted by molar-refractivity contribution is 0.581. The predicted octanol–water partition coefficient (Wildman–Crippen LogP) is 1.68. The Balaban J connectivity index is 1.92. The van der Waals surface area contributed by atoms with Gasteiger partial charge in [0.1, 0.15) is 0 Å². The standard InChI is InChI=1S/C15H19N3O2S/c1-18(14-5-3-2-4-6-14)12-11-17-21(19,20)15-9-7-13(16)8-10-15/h2-10,17H,11-12,16H2,1H3. The van der Waals surface area contributed by atoms with Crippen LogP contribution in [0.4, 0.5) is 11.4 Å². The number of benzene rings is 2. The fourth-order valence-corrected chi connectivity index (χ4v) is 2.91. The molecule has 6 heteroatoms. The summed E-state index contributed by atoms with van der Waals surface area (Å²) in [4.78, 5) is 2.21. The molecule has 3 N–H and O–H groups in total. The number of anilines is 2. The van der Waals surface area contributed by atoms with Crippen LogP contribution in [0, 0.1) is 0 Å². The Kier molecular flexibility index (Phi) is 4.82. The van der Waals surface area contributed by atoms with Crippen LogP contribution in [0.15, 0.2) is 59.5 Å². The molecule has 0 aliphatic rings. The third-order valence-electron chi connectivity index (χ3n) is 3.13. The van der Waals surface area contributed by atoms with Gasteiger partial charge in [0.15, 0.2) is 0 Å². The maximum atomic E-state index is 12.1. The summed E-state index contributed by atoms with van der Waals surface area (Å²) in [6, 6.07) is 15.9. The highest BCUT2D eigenvalue weighted by atomic mass is 32.2. The summed E-state index contributed by atoms with van der Waals surface area (Å²) >= 11 is 0. The van der Waals surface area contributed by atoms with Gasteiger partial charge >= 0.3 is 0 Å². The molecule has 2 rings (SSSR count). The molecule has 0 heterocycles. The quantitative estimate of drug-likeness (QED) is 0.796. The van der Waals surface area contributed by atoms with Gasteiger partial charge in [0.25, 0.3) is 0 Å². The summed E-state index contributed by atoms with van der Waals surface area (Å²) in [5.41, 5.74) is 7.14. The first-order chi connectivity index (χ1) is 9.99. The molecule has 0 atom stereocenters. The SMILES string of the molecule is CN(CCNS(=O)(=O)c1ccc(N)cc1)c1ccccc1. The smallest absolute Gasteiger partial charge is 0.240 e. The second kappa shape index (κ2) is 6.60. The van der Waals surface area contributed by atoms with E-state index in [0.29, 0.717) is 18.8 Å². The van der Waals surface area contributed by atoms with Crippen LogP contribution in [0.5, 0.6) is 0 Å². The minimum Gasteiger partial charge on any atom is -0.399 e. The highest BCUT2D eigenvalue weighted by Crippen LogP contribution is 2.12. The van der Waals surface area contributed by atoms with Crippen molar-refractivity contribution in [3.05, 3.63) is 54.6 Å². The molecule has 0 aromatic heterocycles. The topological polar surface area (TPSA) is 75.4 Å². The van der Waals surface area contributed by atoms with Gasteiger partial charge < -0.3 is 10.6 Å². The highest BCUT2D eigenvalue weighted by molar-refractivity contribution is 7.89. The molecule has 0 aliphatic carbocycles. The Hall–Kier alpha value is -2.05. The minimum absolute atomic E-state index is 0.221. The van der Waals surface area contributed by atoms with E-state index in [1.165, 1.54) is 12.1 Å². The maximum Gasteiger partial charge on any atom is 0.240 e. The minimum atomic E-state index is -3.49. The summed E-state index contributed by atoms with van der Waals surface area (Å²) in [5, 5.41) is 0.